The maximum Gasteiger partial charge on any atom is 0.335 e. The quantitative estimate of drug-likeness (QED) is 0.129. The summed E-state index contributed by atoms with van der Waals surface area (Å²) in [5, 5.41) is 52.4. The van der Waals surface area contributed by atoms with Gasteiger partial charge in [-0.1, -0.05) is 26.8 Å². The molecule has 2 aliphatic carbocycles. The number of aliphatic hydroxyl groups excluding tert-OH is 4. The van der Waals surface area contributed by atoms with Crippen molar-refractivity contribution in [2.45, 2.75) is 114 Å². The van der Waals surface area contributed by atoms with E-state index in [2.05, 4.69) is 0 Å². The van der Waals surface area contributed by atoms with Gasteiger partial charge in [-0.15, -0.1) is 0 Å². The predicted molar refractivity (Wildman–Crippen MR) is 137 cm³/mol. The van der Waals surface area contributed by atoms with Crippen LogP contribution in [0.2, 0.25) is 0 Å². The topological polar surface area (TPSA) is 211 Å². The zero-order valence-electron chi connectivity index (χ0n) is 24.2. The Morgan fingerprint density at radius 3 is 2.31 bits per heavy atom. The number of carboxylic acid groups (broad SMARTS) is 1. The van der Waals surface area contributed by atoms with Crippen molar-refractivity contribution in [3.05, 3.63) is 11.6 Å². The molecule has 236 valence electrons. The second-order valence-corrected chi connectivity index (χ2v) is 12.8. The van der Waals surface area contributed by atoms with Crippen molar-refractivity contribution < 1.29 is 68.3 Å². The highest BCUT2D eigenvalue weighted by Gasteiger charge is 2.86. The molecule has 14 heteroatoms. The van der Waals surface area contributed by atoms with Gasteiger partial charge in [-0.3, -0.25) is 9.59 Å². The van der Waals surface area contributed by atoms with E-state index in [1.54, 1.807) is 19.9 Å². The Bertz CT molecular complexity index is 1130. The largest absolute Gasteiger partial charge is 0.479 e. The van der Waals surface area contributed by atoms with E-state index >= 15 is 0 Å². The first-order chi connectivity index (χ1) is 19.6. The Labute approximate surface area is 242 Å². The van der Waals surface area contributed by atoms with Gasteiger partial charge in [-0.2, -0.15) is 0 Å². The van der Waals surface area contributed by atoms with Gasteiger partial charge in [-0.05, 0) is 18.4 Å². The third-order valence-corrected chi connectivity index (χ3v) is 9.80. The molecule has 2 bridgehead atoms. The average Bonchev–Trinajstić information content (AvgIpc) is 3.68. The van der Waals surface area contributed by atoms with Gasteiger partial charge in [0.05, 0.1) is 18.8 Å². The van der Waals surface area contributed by atoms with Crippen molar-refractivity contribution >= 4 is 17.9 Å². The molecule has 1 saturated carbocycles. The van der Waals surface area contributed by atoms with E-state index in [1.807, 2.05) is 13.8 Å². The SMILES string of the molecule is CC(=O)OC[C@]12C[C@H](OC(=O)CC(C)C)C(C)=C[C@H]1O[C@@H]1[C@H](O)[C@@H](O[C@@H]3OC(C(=O)O)[C@H](O)C(O)C3O)[C@@]2(C)[C@]12CO2. The van der Waals surface area contributed by atoms with Crippen molar-refractivity contribution in [2.24, 2.45) is 16.7 Å². The van der Waals surface area contributed by atoms with Gasteiger partial charge in [0.25, 0.3) is 0 Å². The molecule has 3 aliphatic heterocycles. The Morgan fingerprint density at radius 2 is 1.74 bits per heavy atom. The van der Waals surface area contributed by atoms with E-state index in [9.17, 15) is 39.9 Å². The van der Waals surface area contributed by atoms with Crippen LogP contribution in [0, 0.1) is 16.7 Å². The Kier molecular flexibility index (Phi) is 8.02. The monoisotopic (exact) mass is 600 g/mol. The van der Waals surface area contributed by atoms with Crippen molar-refractivity contribution in [3.63, 3.8) is 0 Å². The minimum atomic E-state index is -1.94. The van der Waals surface area contributed by atoms with Crippen LogP contribution in [-0.4, -0.2) is 123 Å². The highest BCUT2D eigenvalue weighted by molar-refractivity contribution is 5.73. The minimum Gasteiger partial charge on any atom is -0.479 e. The zero-order chi connectivity index (χ0) is 30.9. The number of rotatable bonds is 8. The van der Waals surface area contributed by atoms with Crippen LogP contribution < -0.4 is 0 Å². The number of hydrogen-bond acceptors (Lipinski definition) is 13. The van der Waals surface area contributed by atoms with Crippen LogP contribution in [0.1, 0.15) is 47.5 Å². The number of carbonyl (C=O) groups is 3. The molecular weight excluding hydrogens is 560 g/mol. The third-order valence-electron chi connectivity index (χ3n) is 9.80. The molecule has 5 N–H and O–H groups in total. The van der Waals surface area contributed by atoms with Crippen molar-refractivity contribution in [3.8, 4) is 0 Å². The normalized spacial score (nSPS) is 47.5. The minimum absolute atomic E-state index is 0.0562. The van der Waals surface area contributed by atoms with Gasteiger partial charge < -0.3 is 54.0 Å². The van der Waals surface area contributed by atoms with Crippen molar-refractivity contribution in [2.75, 3.05) is 13.2 Å². The van der Waals surface area contributed by atoms with E-state index < -0.39 is 95.6 Å². The summed E-state index contributed by atoms with van der Waals surface area (Å²) in [5.74, 6) is -2.52. The maximum atomic E-state index is 12.7. The van der Waals surface area contributed by atoms with Gasteiger partial charge in [0, 0.05) is 30.6 Å². The molecule has 5 aliphatic rings. The fourth-order valence-corrected chi connectivity index (χ4v) is 7.42. The number of fused-ring (bicyclic) bond motifs is 2. The highest BCUT2D eigenvalue weighted by atomic mass is 16.7. The number of esters is 2. The first-order valence-electron chi connectivity index (χ1n) is 14.2. The Hall–Kier alpha value is -2.17. The zero-order valence-corrected chi connectivity index (χ0v) is 24.2. The number of carbonyl (C=O) groups excluding carboxylic acids is 2. The summed E-state index contributed by atoms with van der Waals surface area (Å²) >= 11 is 0. The summed E-state index contributed by atoms with van der Waals surface area (Å²) in [4.78, 5) is 36.6. The van der Waals surface area contributed by atoms with E-state index in [0.29, 0.717) is 5.57 Å². The number of ether oxygens (including phenoxy) is 6. The molecule has 14 nitrogen and oxygen atoms in total. The standard InChI is InChI=1S/C28H40O14/c1-11(2)6-16(30)39-14-8-27(9-37-13(4)29)15(7-12(14)3)40-23-20(34)22(26(27,5)28(23)10-38-28)42-25-19(33)17(31)18(32)21(41-25)24(35)36/h7,11,14-15,17-23,25,31-34H,6,8-10H2,1-5H3,(H,35,36)/t14-,15+,17?,18+,19?,20+,21?,22+,23+,25-,26+,27+,28-/m0/s1. The molecule has 1 spiro atoms. The third kappa shape index (κ3) is 4.58. The second kappa shape index (κ2) is 10.8. The van der Waals surface area contributed by atoms with Crippen molar-refractivity contribution in [1.29, 1.82) is 0 Å². The van der Waals surface area contributed by atoms with E-state index in [4.69, 9.17) is 28.4 Å². The summed E-state index contributed by atoms with van der Waals surface area (Å²) in [7, 11) is 0. The van der Waals surface area contributed by atoms with E-state index in [1.165, 1.54) is 6.92 Å². The molecule has 5 rings (SSSR count). The number of aliphatic hydroxyl groups is 4. The van der Waals surface area contributed by atoms with Crippen molar-refractivity contribution in [1.82, 2.24) is 0 Å². The molecule has 0 amide bonds. The van der Waals surface area contributed by atoms with Crippen LogP contribution in [0.5, 0.6) is 0 Å². The number of carboxylic acids is 1. The lowest BCUT2D eigenvalue weighted by atomic mass is 9.51. The summed E-state index contributed by atoms with van der Waals surface area (Å²) in [6.07, 6.45) is -12.4. The molecule has 0 aromatic rings. The molecule has 4 fully saturated rings. The lowest BCUT2D eigenvalue weighted by Crippen LogP contribution is -2.68. The van der Waals surface area contributed by atoms with E-state index in [-0.39, 0.29) is 32.0 Å². The van der Waals surface area contributed by atoms with Crippen LogP contribution in [0.25, 0.3) is 0 Å². The number of hydrogen-bond donors (Lipinski definition) is 5. The Balaban J connectivity index is 1.56. The molecule has 3 heterocycles. The fourth-order valence-electron chi connectivity index (χ4n) is 7.42. The predicted octanol–water partition coefficient (Wildman–Crippen LogP) is -0.962. The van der Waals surface area contributed by atoms with Gasteiger partial charge in [0.1, 0.15) is 48.8 Å². The molecular formula is C28H40O14. The molecule has 0 aromatic heterocycles. The first kappa shape index (κ1) is 31.3. The Morgan fingerprint density at radius 1 is 1.07 bits per heavy atom. The lowest BCUT2D eigenvalue weighted by Gasteiger charge is -2.59. The smallest absolute Gasteiger partial charge is 0.335 e. The van der Waals surface area contributed by atoms with Gasteiger partial charge in [0.15, 0.2) is 12.4 Å². The summed E-state index contributed by atoms with van der Waals surface area (Å²) < 4.78 is 35.5. The first-order valence-corrected chi connectivity index (χ1v) is 14.2. The molecule has 0 aromatic carbocycles. The summed E-state index contributed by atoms with van der Waals surface area (Å²) in [6, 6.07) is 0. The van der Waals surface area contributed by atoms with Crippen LogP contribution in [0.15, 0.2) is 11.6 Å². The number of aliphatic carboxylic acids is 1. The van der Waals surface area contributed by atoms with Gasteiger partial charge in [-0.25, -0.2) is 4.79 Å². The molecule has 3 saturated heterocycles. The van der Waals surface area contributed by atoms with Gasteiger partial charge in [0.2, 0.25) is 0 Å². The molecule has 3 unspecified atom stereocenters. The van der Waals surface area contributed by atoms with Crippen LogP contribution in [0.3, 0.4) is 0 Å². The van der Waals surface area contributed by atoms with Crippen LogP contribution in [-0.2, 0) is 42.8 Å². The lowest BCUT2D eigenvalue weighted by molar-refractivity contribution is -0.325. The summed E-state index contributed by atoms with van der Waals surface area (Å²) in [6.45, 7) is 8.50. The highest BCUT2D eigenvalue weighted by Crippen LogP contribution is 2.72. The fraction of sp³-hybridized carbons (Fsp3) is 0.821. The maximum absolute atomic E-state index is 12.7. The molecule has 42 heavy (non-hydrogen) atoms. The van der Waals surface area contributed by atoms with Gasteiger partial charge >= 0.3 is 17.9 Å². The average molecular weight is 601 g/mol. The van der Waals surface area contributed by atoms with E-state index in [0.717, 1.165) is 0 Å². The summed E-state index contributed by atoms with van der Waals surface area (Å²) in [5.41, 5.74) is -2.89. The van der Waals surface area contributed by atoms with Crippen LogP contribution >= 0.6 is 0 Å². The van der Waals surface area contributed by atoms with Crippen LogP contribution in [0.4, 0.5) is 0 Å². The molecule has 0 radical (unpaired) electrons. The second-order valence-electron chi connectivity index (χ2n) is 12.8. The number of epoxide rings is 1. The molecule has 13 atom stereocenters.